The maximum Gasteiger partial charge on any atom is 0.324 e. The van der Waals surface area contributed by atoms with Crippen molar-refractivity contribution < 1.29 is 14.3 Å². The molecule has 4 N–H and O–H groups in total. The quantitative estimate of drug-likeness (QED) is 0.677. The predicted octanol–water partition coefficient (Wildman–Crippen LogP) is 1.33. The highest BCUT2D eigenvalue weighted by atomic mass is 16.5. The maximum atomic E-state index is 12.1. The molecule has 27 heavy (non-hydrogen) atoms. The molecule has 1 aliphatic heterocycles. The van der Waals surface area contributed by atoms with E-state index >= 15 is 0 Å². The zero-order valence-electron chi connectivity index (χ0n) is 15.2. The summed E-state index contributed by atoms with van der Waals surface area (Å²) in [5.74, 6) is 0.179. The third-order valence-electron chi connectivity index (χ3n) is 4.49. The first-order valence-electron chi connectivity index (χ1n) is 8.59. The van der Waals surface area contributed by atoms with Crippen LogP contribution >= 0.6 is 0 Å². The van der Waals surface area contributed by atoms with Crippen molar-refractivity contribution in [3.05, 3.63) is 41.5 Å². The van der Waals surface area contributed by atoms with Crippen molar-refractivity contribution in [1.82, 2.24) is 15.8 Å². The molecular formula is C19H21N5O3. The number of hydrogen-bond donors (Lipinski definition) is 3. The lowest BCUT2D eigenvalue weighted by atomic mass is 9.89. The Labute approximate surface area is 157 Å². The molecule has 1 saturated heterocycles. The van der Waals surface area contributed by atoms with Gasteiger partial charge in [0.15, 0.2) is 0 Å². The Morgan fingerprint density at radius 2 is 2.15 bits per heavy atom. The molecule has 0 bridgehead atoms. The van der Waals surface area contributed by atoms with E-state index in [9.17, 15) is 10.1 Å². The van der Waals surface area contributed by atoms with Gasteiger partial charge in [-0.15, -0.1) is 0 Å². The van der Waals surface area contributed by atoms with Crippen LogP contribution in [0.4, 0.5) is 5.82 Å². The number of aromatic nitrogens is 1. The second-order valence-corrected chi connectivity index (χ2v) is 6.06. The van der Waals surface area contributed by atoms with Gasteiger partial charge in [0.2, 0.25) is 0 Å². The van der Waals surface area contributed by atoms with Crippen molar-refractivity contribution >= 4 is 11.8 Å². The zero-order valence-corrected chi connectivity index (χ0v) is 15.2. The number of hydrazine groups is 1. The van der Waals surface area contributed by atoms with Gasteiger partial charge in [0.25, 0.3) is 0 Å². The molecule has 140 valence electrons. The van der Waals surface area contributed by atoms with Gasteiger partial charge in [-0.05, 0) is 42.8 Å². The number of nitriles is 1. The number of carbonyl (C=O) groups is 1. The number of carbonyl (C=O) groups excluding carboxylic acids is 1. The average Bonchev–Trinajstić information content (AvgIpc) is 3.17. The lowest BCUT2D eigenvalue weighted by molar-refractivity contribution is -0.143. The number of nitrogens with one attached hydrogen (secondary N) is 2. The molecule has 0 spiro atoms. The third-order valence-corrected chi connectivity index (χ3v) is 4.49. The Kier molecular flexibility index (Phi) is 5.54. The van der Waals surface area contributed by atoms with E-state index in [1.807, 2.05) is 31.2 Å². The van der Waals surface area contributed by atoms with Gasteiger partial charge in [-0.3, -0.25) is 10.2 Å². The first-order chi connectivity index (χ1) is 13.1. The lowest BCUT2D eigenvalue weighted by Crippen LogP contribution is -2.39. The molecule has 0 saturated carbocycles. The van der Waals surface area contributed by atoms with Gasteiger partial charge in [-0.1, -0.05) is 0 Å². The third kappa shape index (κ3) is 3.69. The molecule has 8 heteroatoms. The number of hydrogen-bond acceptors (Lipinski definition) is 8. The van der Waals surface area contributed by atoms with Crippen LogP contribution in [-0.4, -0.2) is 37.3 Å². The van der Waals surface area contributed by atoms with Crippen molar-refractivity contribution in [3.63, 3.8) is 0 Å². The molecule has 1 aliphatic rings. The Morgan fingerprint density at radius 3 is 2.78 bits per heavy atom. The van der Waals surface area contributed by atoms with Gasteiger partial charge < -0.3 is 15.2 Å². The topological polar surface area (TPSA) is 122 Å². The molecule has 2 unspecified atom stereocenters. The summed E-state index contributed by atoms with van der Waals surface area (Å²) in [7, 11) is 1.33. The second kappa shape index (κ2) is 8.03. The second-order valence-electron chi connectivity index (χ2n) is 6.06. The number of nitrogens with two attached hydrogens (primary N) is 1. The lowest BCUT2D eigenvalue weighted by Gasteiger charge is -2.19. The van der Waals surface area contributed by atoms with Gasteiger partial charge in [0.05, 0.1) is 25.0 Å². The van der Waals surface area contributed by atoms with Crippen LogP contribution in [0.15, 0.2) is 30.3 Å². The highest BCUT2D eigenvalue weighted by Crippen LogP contribution is 2.32. The van der Waals surface area contributed by atoms with Gasteiger partial charge in [0.1, 0.15) is 23.7 Å². The van der Waals surface area contributed by atoms with Gasteiger partial charge >= 0.3 is 5.97 Å². The van der Waals surface area contributed by atoms with Crippen molar-refractivity contribution in [2.45, 2.75) is 18.9 Å². The van der Waals surface area contributed by atoms with E-state index in [0.29, 0.717) is 24.4 Å². The smallest absolute Gasteiger partial charge is 0.324 e. The number of esters is 1. The predicted molar refractivity (Wildman–Crippen MR) is 99.7 cm³/mol. The summed E-state index contributed by atoms with van der Waals surface area (Å²) >= 11 is 0. The van der Waals surface area contributed by atoms with Crippen LogP contribution < -0.4 is 21.3 Å². The molecule has 3 rings (SSSR count). The largest absolute Gasteiger partial charge is 0.494 e. The van der Waals surface area contributed by atoms with Crippen LogP contribution in [-0.2, 0) is 9.53 Å². The van der Waals surface area contributed by atoms with Crippen molar-refractivity contribution in [1.29, 1.82) is 5.26 Å². The van der Waals surface area contributed by atoms with E-state index in [0.717, 1.165) is 11.3 Å². The zero-order chi connectivity index (χ0) is 19.4. The number of ether oxygens (including phenoxy) is 2. The highest BCUT2D eigenvalue weighted by Gasteiger charge is 2.37. The van der Waals surface area contributed by atoms with Gasteiger partial charge in [-0.25, -0.2) is 10.4 Å². The minimum Gasteiger partial charge on any atom is -0.494 e. The fourth-order valence-electron chi connectivity index (χ4n) is 3.17. The van der Waals surface area contributed by atoms with E-state index in [-0.39, 0.29) is 17.3 Å². The van der Waals surface area contributed by atoms with Crippen molar-refractivity contribution in [2.24, 2.45) is 0 Å². The average molecular weight is 367 g/mol. The van der Waals surface area contributed by atoms with Crippen molar-refractivity contribution in [3.8, 4) is 23.1 Å². The standard InChI is InChI=1S/C19H21N5O3/c1-3-27-12-6-4-11(5-7-12)16-8-13(14(9-20)18(21)23-16)15-10-22-24-17(15)19(25)26-2/h4-8,15,17,22,24H,3,10H2,1-2H3,(H2,21,23). The molecule has 2 atom stereocenters. The summed E-state index contributed by atoms with van der Waals surface area (Å²) in [6, 6.07) is 10.8. The number of rotatable bonds is 5. The molecule has 1 aromatic carbocycles. The number of benzene rings is 1. The SMILES string of the molecule is CCOc1ccc(-c2cc(C3CNNC3C(=O)OC)c(C#N)c(N)n2)cc1. The summed E-state index contributed by atoms with van der Waals surface area (Å²) in [6.45, 7) is 2.97. The van der Waals surface area contributed by atoms with Gasteiger partial charge in [-0.2, -0.15) is 5.26 Å². The number of pyridine rings is 1. The molecule has 8 nitrogen and oxygen atoms in total. The molecule has 2 heterocycles. The maximum absolute atomic E-state index is 12.1. The molecule has 1 fully saturated rings. The van der Waals surface area contributed by atoms with E-state index in [1.165, 1.54) is 7.11 Å². The summed E-state index contributed by atoms with van der Waals surface area (Å²) in [4.78, 5) is 16.4. The highest BCUT2D eigenvalue weighted by molar-refractivity contribution is 5.78. The first-order valence-corrected chi connectivity index (χ1v) is 8.59. The number of nitrogens with zero attached hydrogens (tertiary/aromatic N) is 2. The summed E-state index contributed by atoms with van der Waals surface area (Å²) in [5.41, 5.74) is 14.3. The van der Waals surface area contributed by atoms with E-state index in [2.05, 4.69) is 21.9 Å². The van der Waals surface area contributed by atoms with Crippen LogP contribution in [0.25, 0.3) is 11.3 Å². The number of anilines is 1. The Morgan fingerprint density at radius 1 is 1.41 bits per heavy atom. The number of methoxy groups -OCH3 is 1. The van der Waals surface area contributed by atoms with Crippen LogP contribution in [0.1, 0.15) is 24.0 Å². The van der Waals surface area contributed by atoms with Crippen LogP contribution in [0, 0.1) is 11.3 Å². The summed E-state index contributed by atoms with van der Waals surface area (Å²) < 4.78 is 10.3. The van der Waals surface area contributed by atoms with E-state index < -0.39 is 12.0 Å². The normalized spacial score (nSPS) is 18.7. The molecule has 0 aliphatic carbocycles. The summed E-state index contributed by atoms with van der Waals surface area (Å²) in [6.07, 6.45) is 0. The molecule has 2 aromatic rings. The van der Waals surface area contributed by atoms with Crippen LogP contribution in [0.2, 0.25) is 0 Å². The van der Waals surface area contributed by atoms with Crippen molar-refractivity contribution in [2.75, 3.05) is 26.0 Å². The molecule has 1 aromatic heterocycles. The monoisotopic (exact) mass is 367 g/mol. The molecular weight excluding hydrogens is 346 g/mol. The molecule has 0 radical (unpaired) electrons. The Balaban J connectivity index is 2.03. The minimum absolute atomic E-state index is 0.134. The van der Waals surface area contributed by atoms with Crippen LogP contribution in [0.3, 0.4) is 0 Å². The first kappa shape index (κ1) is 18.6. The number of nitrogen functional groups attached to an aromatic ring is 1. The van der Waals surface area contributed by atoms with E-state index in [1.54, 1.807) is 6.07 Å². The summed E-state index contributed by atoms with van der Waals surface area (Å²) in [5, 5.41) is 9.56. The fraction of sp³-hybridized carbons (Fsp3) is 0.316. The fourth-order valence-corrected chi connectivity index (χ4v) is 3.17. The molecule has 0 amide bonds. The van der Waals surface area contributed by atoms with Crippen LogP contribution in [0.5, 0.6) is 5.75 Å². The minimum atomic E-state index is -0.614. The Bertz CT molecular complexity index is 876. The van der Waals surface area contributed by atoms with Gasteiger partial charge in [0, 0.05) is 18.0 Å². The Hall–Kier alpha value is -3.15. The van der Waals surface area contributed by atoms with E-state index in [4.69, 9.17) is 15.2 Å².